The highest BCUT2D eigenvalue weighted by Gasteiger charge is 2.28. The molecular weight excluding hydrogens is 376 g/mol. The van der Waals surface area contributed by atoms with E-state index in [2.05, 4.69) is 40.4 Å². The lowest BCUT2D eigenvalue weighted by atomic mass is 9.86. The molecule has 0 saturated heterocycles. The molecular formula is C26H55ClSi. The molecule has 0 bridgehead atoms. The Labute approximate surface area is 186 Å². The molecule has 170 valence electrons. The maximum Gasteiger partial charge on any atom is 0.0444 e. The Hall–Kier alpha value is 0.507. The third-order valence-electron chi connectivity index (χ3n) is 6.61. The second-order valence-corrected chi connectivity index (χ2v) is 17.5. The third kappa shape index (κ3) is 18.5. The summed E-state index contributed by atoms with van der Waals surface area (Å²) in [4.78, 5) is 0.0101. The summed E-state index contributed by atoms with van der Waals surface area (Å²) in [6.07, 6.45) is 24.0. The molecule has 2 heteroatoms. The average molecular weight is 431 g/mol. The zero-order valence-electron chi connectivity index (χ0n) is 20.7. The van der Waals surface area contributed by atoms with Crippen molar-refractivity contribution in [3.05, 3.63) is 0 Å². The SMILES string of the molecule is CCCCCCCCCCCCCCCCC(C)C(C)(Cl)CCC[Si](C)(C)C. The number of alkyl halides is 1. The van der Waals surface area contributed by atoms with Crippen molar-refractivity contribution in [3.8, 4) is 0 Å². The Morgan fingerprint density at radius 3 is 1.46 bits per heavy atom. The van der Waals surface area contributed by atoms with Gasteiger partial charge in [-0.25, -0.2) is 0 Å². The predicted molar refractivity (Wildman–Crippen MR) is 136 cm³/mol. The van der Waals surface area contributed by atoms with E-state index in [1.54, 1.807) is 0 Å². The topological polar surface area (TPSA) is 0 Å². The van der Waals surface area contributed by atoms with Crippen molar-refractivity contribution in [2.75, 3.05) is 0 Å². The van der Waals surface area contributed by atoms with Gasteiger partial charge in [0, 0.05) is 12.9 Å². The maximum atomic E-state index is 6.89. The van der Waals surface area contributed by atoms with Crippen LogP contribution in [-0.4, -0.2) is 12.9 Å². The minimum atomic E-state index is -0.913. The van der Waals surface area contributed by atoms with Gasteiger partial charge >= 0.3 is 0 Å². The molecule has 0 aliphatic carbocycles. The number of halogens is 1. The first-order chi connectivity index (χ1) is 13.2. The van der Waals surface area contributed by atoms with Crippen LogP contribution in [0.25, 0.3) is 0 Å². The van der Waals surface area contributed by atoms with Crippen molar-refractivity contribution >= 4 is 19.7 Å². The molecule has 0 nitrogen and oxygen atoms in total. The summed E-state index contributed by atoms with van der Waals surface area (Å²) < 4.78 is 0. The summed E-state index contributed by atoms with van der Waals surface area (Å²) in [6, 6.07) is 1.42. The molecule has 0 rings (SSSR count). The van der Waals surface area contributed by atoms with Crippen LogP contribution in [0.15, 0.2) is 0 Å². The molecule has 0 saturated carbocycles. The van der Waals surface area contributed by atoms with Gasteiger partial charge in [0.25, 0.3) is 0 Å². The lowest BCUT2D eigenvalue weighted by Gasteiger charge is -2.30. The first-order valence-corrected chi connectivity index (χ1v) is 17.0. The van der Waals surface area contributed by atoms with Crippen molar-refractivity contribution in [2.45, 2.75) is 160 Å². The van der Waals surface area contributed by atoms with E-state index in [-0.39, 0.29) is 4.87 Å². The summed E-state index contributed by atoms with van der Waals surface area (Å²) >= 11 is 6.89. The number of hydrogen-bond donors (Lipinski definition) is 0. The van der Waals surface area contributed by atoms with Gasteiger partial charge in [-0.3, -0.25) is 0 Å². The van der Waals surface area contributed by atoms with Crippen LogP contribution < -0.4 is 0 Å². The van der Waals surface area contributed by atoms with E-state index in [0.29, 0.717) is 5.92 Å². The van der Waals surface area contributed by atoms with E-state index < -0.39 is 8.07 Å². The average Bonchev–Trinajstić information content (AvgIpc) is 2.60. The molecule has 0 amide bonds. The van der Waals surface area contributed by atoms with E-state index in [1.807, 2.05) is 0 Å². The van der Waals surface area contributed by atoms with Gasteiger partial charge in [-0.05, 0) is 25.7 Å². The molecule has 0 aliphatic rings. The molecule has 28 heavy (non-hydrogen) atoms. The molecule has 2 unspecified atom stereocenters. The standard InChI is InChI=1S/C26H55ClSi/c1-7-8-9-10-11-12-13-14-15-16-17-18-19-20-22-25(2)26(3,27)23-21-24-28(4,5)6/h25H,7-24H2,1-6H3. The fraction of sp³-hybridized carbons (Fsp3) is 1.00. The Balaban J connectivity index is 3.47. The highest BCUT2D eigenvalue weighted by Crippen LogP contribution is 2.35. The Morgan fingerprint density at radius 2 is 1.07 bits per heavy atom. The fourth-order valence-electron chi connectivity index (χ4n) is 4.16. The predicted octanol–water partition coefficient (Wildman–Crippen LogP) is 10.6. The van der Waals surface area contributed by atoms with Gasteiger partial charge in [-0.1, -0.05) is 136 Å². The largest absolute Gasteiger partial charge is 0.119 e. The number of hydrogen-bond acceptors (Lipinski definition) is 0. The third-order valence-corrected chi connectivity index (χ3v) is 9.03. The van der Waals surface area contributed by atoms with Crippen molar-refractivity contribution < 1.29 is 0 Å². The van der Waals surface area contributed by atoms with Gasteiger partial charge in [0.05, 0.1) is 0 Å². The number of rotatable bonds is 20. The lowest BCUT2D eigenvalue weighted by Crippen LogP contribution is -2.28. The molecule has 0 radical (unpaired) electrons. The van der Waals surface area contributed by atoms with Crippen molar-refractivity contribution in [1.82, 2.24) is 0 Å². The molecule has 0 heterocycles. The van der Waals surface area contributed by atoms with Crippen molar-refractivity contribution in [2.24, 2.45) is 5.92 Å². The first kappa shape index (κ1) is 28.5. The monoisotopic (exact) mass is 430 g/mol. The van der Waals surface area contributed by atoms with E-state index in [0.717, 1.165) is 0 Å². The van der Waals surface area contributed by atoms with Crippen LogP contribution in [0.3, 0.4) is 0 Å². The molecule has 0 aromatic carbocycles. The zero-order valence-corrected chi connectivity index (χ0v) is 22.4. The van der Waals surface area contributed by atoms with Gasteiger partial charge in [-0.15, -0.1) is 11.6 Å². The molecule has 0 aromatic rings. The van der Waals surface area contributed by atoms with Gasteiger partial charge < -0.3 is 0 Å². The molecule has 0 fully saturated rings. The highest BCUT2D eigenvalue weighted by atomic mass is 35.5. The van der Waals surface area contributed by atoms with Gasteiger partial charge in [0.2, 0.25) is 0 Å². The van der Waals surface area contributed by atoms with Gasteiger partial charge in [0.1, 0.15) is 0 Å². The highest BCUT2D eigenvalue weighted by molar-refractivity contribution is 6.76. The zero-order chi connectivity index (χ0) is 21.3. The van der Waals surface area contributed by atoms with Crippen LogP contribution in [0.4, 0.5) is 0 Å². The summed E-state index contributed by atoms with van der Waals surface area (Å²) in [7, 11) is -0.913. The lowest BCUT2D eigenvalue weighted by molar-refractivity contribution is 0.358. The minimum absolute atomic E-state index is 0.0101. The van der Waals surface area contributed by atoms with Gasteiger partial charge in [-0.2, -0.15) is 0 Å². The van der Waals surface area contributed by atoms with Crippen LogP contribution in [0.1, 0.15) is 130 Å². The number of unbranched alkanes of at least 4 members (excludes halogenated alkanes) is 13. The van der Waals surface area contributed by atoms with E-state index in [9.17, 15) is 0 Å². The van der Waals surface area contributed by atoms with Crippen LogP contribution in [-0.2, 0) is 0 Å². The molecule has 0 aliphatic heterocycles. The van der Waals surface area contributed by atoms with Crippen LogP contribution in [0.5, 0.6) is 0 Å². The summed E-state index contributed by atoms with van der Waals surface area (Å²) in [6.45, 7) is 14.4. The Morgan fingerprint density at radius 1 is 0.679 bits per heavy atom. The molecule has 0 spiro atoms. The van der Waals surface area contributed by atoms with Crippen LogP contribution in [0, 0.1) is 5.92 Å². The summed E-state index contributed by atoms with van der Waals surface area (Å²) in [5.74, 6) is 0.646. The van der Waals surface area contributed by atoms with E-state index in [4.69, 9.17) is 11.6 Å². The van der Waals surface area contributed by atoms with E-state index >= 15 is 0 Å². The van der Waals surface area contributed by atoms with E-state index in [1.165, 1.54) is 115 Å². The summed E-state index contributed by atoms with van der Waals surface area (Å²) in [5, 5.41) is 0. The normalized spacial score (nSPS) is 15.5. The smallest absolute Gasteiger partial charge is 0.0444 e. The fourth-order valence-corrected chi connectivity index (χ4v) is 5.64. The molecule has 0 aromatic heterocycles. The van der Waals surface area contributed by atoms with Crippen LogP contribution in [0.2, 0.25) is 25.7 Å². The second kappa shape index (κ2) is 17.2. The molecule has 2 atom stereocenters. The Bertz CT molecular complexity index is 332. The first-order valence-electron chi connectivity index (χ1n) is 12.9. The van der Waals surface area contributed by atoms with Crippen molar-refractivity contribution in [1.29, 1.82) is 0 Å². The quantitative estimate of drug-likeness (QED) is 0.102. The second-order valence-electron chi connectivity index (χ2n) is 11.0. The molecule has 0 N–H and O–H groups in total. The Kier molecular flexibility index (Phi) is 17.5. The minimum Gasteiger partial charge on any atom is -0.119 e. The maximum absolute atomic E-state index is 6.89. The van der Waals surface area contributed by atoms with Crippen LogP contribution >= 0.6 is 11.6 Å². The van der Waals surface area contributed by atoms with Crippen molar-refractivity contribution in [3.63, 3.8) is 0 Å². The summed E-state index contributed by atoms with van der Waals surface area (Å²) in [5.41, 5.74) is 0. The van der Waals surface area contributed by atoms with Gasteiger partial charge in [0.15, 0.2) is 0 Å².